The predicted octanol–water partition coefficient (Wildman–Crippen LogP) is 3.61. The highest BCUT2D eigenvalue weighted by Crippen LogP contribution is 2.20. The summed E-state index contributed by atoms with van der Waals surface area (Å²) < 4.78 is 5.58. The standard InChI is InChI=1S/C21H20N2O3/c1-2-22-21(25)18-9-5-6-10-19(18)23-20(24)14-26-17-12-11-15-7-3-4-8-16(15)13-17/h3-13H,2,14H2,1H3,(H,22,25)(H,23,24). The van der Waals surface area contributed by atoms with Crippen LogP contribution in [0.3, 0.4) is 0 Å². The molecule has 0 aliphatic rings. The number of ether oxygens (including phenoxy) is 1. The molecule has 0 atom stereocenters. The topological polar surface area (TPSA) is 67.4 Å². The lowest BCUT2D eigenvalue weighted by atomic mass is 10.1. The first-order valence-corrected chi connectivity index (χ1v) is 8.46. The molecule has 2 N–H and O–H groups in total. The first-order chi connectivity index (χ1) is 12.7. The van der Waals surface area contributed by atoms with Crippen molar-refractivity contribution in [2.24, 2.45) is 0 Å². The van der Waals surface area contributed by atoms with E-state index in [9.17, 15) is 9.59 Å². The molecule has 3 aromatic rings. The van der Waals surface area contributed by atoms with Crippen molar-refractivity contribution in [2.75, 3.05) is 18.5 Å². The summed E-state index contributed by atoms with van der Waals surface area (Å²) in [5, 5.41) is 7.62. The Labute approximate surface area is 152 Å². The van der Waals surface area contributed by atoms with E-state index in [0.717, 1.165) is 10.8 Å². The minimum atomic E-state index is -0.324. The molecule has 132 valence electrons. The fraction of sp³-hybridized carbons (Fsp3) is 0.143. The summed E-state index contributed by atoms with van der Waals surface area (Å²) in [6.07, 6.45) is 0. The monoisotopic (exact) mass is 348 g/mol. The second-order valence-corrected chi connectivity index (χ2v) is 5.75. The van der Waals surface area contributed by atoms with Gasteiger partial charge in [0.15, 0.2) is 6.61 Å². The maximum Gasteiger partial charge on any atom is 0.262 e. The van der Waals surface area contributed by atoms with Crippen molar-refractivity contribution in [2.45, 2.75) is 6.92 Å². The Hall–Kier alpha value is -3.34. The zero-order valence-corrected chi connectivity index (χ0v) is 14.5. The highest BCUT2D eigenvalue weighted by molar-refractivity contribution is 6.04. The van der Waals surface area contributed by atoms with Crippen molar-refractivity contribution in [1.29, 1.82) is 0 Å². The van der Waals surface area contributed by atoms with E-state index >= 15 is 0 Å². The zero-order valence-electron chi connectivity index (χ0n) is 14.5. The molecule has 0 bridgehead atoms. The fourth-order valence-corrected chi connectivity index (χ4v) is 2.64. The lowest BCUT2D eigenvalue weighted by Crippen LogP contribution is -2.26. The number of carbonyl (C=O) groups is 2. The number of para-hydroxylation sites is 1. The number of amides is 2. The molecule has 0 saturated heterocycles. The molecule has 0 aliphatic heterocycles. The van der Waals surface area contributed by atoms with Gasteiger partial charge >= 0.3 is 0 Å². The van der Waals surface area contributed by atoms with Crippen molar-refractivity contribution in [3.05, 3.63) is 72.3 Å². The van der Waals surface area contributed by atoms with E-state index in [-0.39, 0.29) is 18.4 Å². The summed E-state index contributed by atoms with van der Waals surface area (Å²) in [6, 6.07) is 20.5. The summed E-state index contributed by atoms with van der Waals surface area (Å²) in [5.41, 5.74) is 0.888. The SMILES string of the molecule is CCNC(=O)c1ccccc1NC(=O)COc1ccc2ccccc2c1. The van der Waals surface area contributed by atoms with Crippen molar-refractivity contribution in [3.8, 4) is 5.75 Å². The molecule has 5 nitrogen and oxygen atoms in total. The molecule has 0 unspecified atom stereocenters. The Bertz CT molecular complexity index is 937. The van der Waals surface area contributed by atoms with Crippen molar-refractivity contribution in [3.63, 3.8) is 0 Å². The third kappa shape index (κ3) is 4.19. The van der Waals surface area contributed by atoms with Gasteiger partial charge in [0.05, 0.1) is 11.3 Å². The smallest absolute Gasteiger partial charge is 0.262 e. The van der Waals surface area contributed by atoms with Crippen LogP contribution in [0.2, 0.25) is 0 Å². The summed E-state index contributed by atoms with van der Waals surface area (Å²) in [4.78, 5) is 24.3. The molecule has 0 spiro atoms. The number of carbonyl (C=O) groups excluding carboxylic acids is 2. The van der Waals surface area contributed by atoms with Crippen molar-refractivity contribution >= 4 is 28.3 Å². The van der Waals surface area contributed by atoms with Gasteiger partial charge in [-0.05, 0) is 42.0 Å². The van der Waals surface area contributed by atoms with Crippen LogP contribution in [-0.4, -0.2) is 25.0 Å². The number of nitrogens with one attached hydrogen (secondary N) is 2. The minimum absolute atomic E-state index is 0.137. The molecule has 26 heavy (non-hydrogen) atoms. The number of benzene rings is 3. The van der Waals surface area contributed by atoms with Crippen LogP contribution < -0.4 is 15.4 Å². The minimum Gasteiger partial charge on any atom is -0.484 e. The van der Waals surface area contributed by atoms with Gasteiger partial charge in [0.2, 0.25) is 0 Å². The number of anilines is 1. The van der Waals surface area contributed by atoms with Gasteiger partial charge in [-0.25, -0.2) is 0 Å². The Balaban J connectivity index is 1.64. The molecule has 3 aromatic carbocycles. The second-order valence-electron chi connectivity index (χ2n) is 5.75. The average molecular weight is 348 g/mol. The Morgan fingerprint density at radius 1 is 0.923 bits per heavy atom. The van der Waals surface area contributed by atoms with Crippen LogP contribution in [0.1, 0.15) is 17.3 Å². The average Bonchev–Trinajstić information content (AvgIpc) is 2.67. The summed E-state index contributed by atoms with van der Waals surface area (Å²) >= 11 is 0. The summed E-state index contributed by atoms with van der Waals surface area (Å²) in [6.45, 7) is 2.23. The van der Waals surface area contributed by atoms with Gasteiger partial charge in [0.1, 0.15) is 5.75 Å². The van der Waals surface area contributed by atoms with E-state index in [0.29, 0.717) is 23.5 Å². The normalized spacial score (nSPS) is 10.3. The molecule has 0 fully saturated rings. The van der Waals surface area contributed by atoms with E-state index in [2.05, 4.69) is 10.6 Å². The van der Waals surface area contributed by atoms with Crippen LogP contribution in [0, 0.1) is 0 Å². The Morgan fingerprint density at radius 2 is 1.65 bits per heavy atom. The van der Waals surface area contributed by atoms with Gasteiger partial charge < -0.3 is 15.4 Å². The molecule has 0 radical (unpaired) electrons. The highest BCUT2D eigenvalue weighted by Gasteiger charge is 2.12. The number of fused-ring (bicyclic) bond motifs is 1. The van der Waals surface area contributed by atoms with E-state index in [1.165, 1.54) is 0 Å². The zero-order chi connectivity index (χ0) is 18.4. The fourth-order valence-electron chi connectivity index (χ4n) is 2.64. The molecule has 0 saturated carbocycles. The largest absolute Gasteiger partial charge is 0.484 e. The van der Waals surface area contributed by atoms with Crippen LogP contribution in [0.25, 0.3) is 10.8 Å². The van der Waals surface area contributed by atoms with E-state index in [4.69, 9.17) is 4.74 Å². The van der Waals surface area contributed by atoms with Gasteiger partial charge in [-0.1, -0.05) is 42.5 Å². The maximum absolute atomic E-state index is 12.2. The predicted molar refractivity (Wildman–Crippen MR) is 103 cm³/mol. The summed E-state index contributed by atoms with van der Waals surface area (Å²) in [7, 11) is 0. The third-order valence-electron chi connectivity index (χ3n) is 3.87. The molecule has 0 heterocycles. The number of hydrogen-bond donors (Lipinski definition) is 2. The molecular weight excluding hydrogens is 328 g/mol. The summed E-state index contributed by atoms with van der Waals surface area (Å²) in [5.74, 6) is 0.0737. The molecule has 0 aromatic heterocycles. The first-order valence-electron chi connectivity index (χ1n) is 8.46. The lowest BCUT2D eigenvalue weighted by Gasteiger charge is -2.11. The maximum atomic E-state index is 12.2. The lowest BCUT2D eigenvalue weighted by molar-refractivity contribution is -0.118. The highest BCUT2D eigenvalue weighted by atomic mass is 16.5. The Kier molecular flexibility index (Phi) is 5.49. The van der Waals surface area contributed by atoms with Crippen LogP contribution in [-0.2, 0) is 4.79 Å². The van der Waals surface area contributed by atoms with Crippen LogP contribution >= 0.6 is 0 Å². The molecule has 3 rings (SSSR count). The van der Waals surface area contributed by atoms with Gasteiger partial charge in [0, 0.05) is 6.54 Å². The molecule has 2 amide bonds. The van der Waals surface area contributed by atoms with Gasteiger partial charge in [-0.3, -0.25) is 9.59 Å². The van der Waals surface area contributed by atoms with E-state index in [1.807, 2.05) is 49.4 Å². The number of rotatable bonds is 6. The van der Waals surface area contributed by atoms with Gasteiger partial charge in [-0.15, -0.1) is 0 Å². The van der Waals surface area contributed by atoms with Gasteiger partial charge in [-0.2, -0.15) is 0 Å². The molecule has 5 heteroatoms. The third-order valence-corrected chi connectivity index (χ3v) is 3.87. The van der Waals surface area contributed by atoms with E-state index in [1.54, 1.807) is 24.3 Å². The van der Waals surface area contributed by atoms with Crippen LogP contribution in [0.5, 0.6) is 5.75 Å². The second kappa shape index (κ2) is 8.16. The van der Waals surface area contributed by atoms with Crippen molar-refractivity contribution < 1.29 is 14.3 Å². The molecule has 0 aliphatic carbocycles. The quantitative estimate of drug-likeness (QED) is 0.715. The Morgan fingerprint density at radius 3 is 2.46 bits per heavy atom. The van der Waals surface area contributed by atoms with Crippen LogP contribution in [0.15, 0.2) is 66.7 Å². The number of hydrogen-bond acceptors (Lipinski definition) is 3. The van der Waals surface area contributed by atoms with Gasteiger partial charge in [0.25, 0.3) is 11.8 Å². The molecular formula is C21H20N2O3. The van der Waals surface area contributed by atoms with E-state index < -0.39 is 0 Å². The first kappa shape index (κ1) is 17.5. The van der Waals surface area contributed by atoms with Crippen molar-refractivity contribution in [1.82, 2.24) is 5.32 Å². The van der Waals surface area contributed by atoms with Crippen LogP contribution in [0.4, 0.5) is 5.69 Å².